The summed E-state index contributed by atoms with van der Waals surface area (Å²) in [5.41, 5.74) is 3.29. The average molecular weight is 364 g/mol. The maximum Gasteiger partial charge on any atom is 0.274 e. The number of rotatable bonds is 6. The Labute approximate surface area is 157 Å². The number of hydrogen-bond acceptors (Lipinski definition) is 4. The molecular weight excluding hydrogens is 343 g/mol. The van der Waals surface area contributed by atoms with Crippen LogP contribution in [0.4, 0.5) is 16.0 Å². The van der Waals surface area contributed by atoms with Crippen molar-refractivity contribution in [2.75, 3.05) is 17.2 Å². The molecule has 6 heteroatoms. The van der Waals surface area contributed by atoms with Crippen molar-refractivity contribution in [3.63, 3.8) is 0 Å². The third-order valence-electron chi connectivity index (χ3n) is 4.12. The standard InChI is InChI=1S/C21H21FN4O/c1-14-7-3-6-10-18(14)25-20(27)19-13-15(2)24-21(26-19)23-12-11-16-8-4-5-9-17(16)22/h3-10,13H,11-12H2,1-2H3,(H,25,27)(H,23,24,26). The first kappa shape index (κ1) is 18.5. The lowest BCUT2D eigenvalue weighted by atomic mass is 10.1. The molecule has 2 aromatic carbocycles. The molecule has 2 N–H and O–H groups in total. The van der Waals surface area contributed by atoms with Gasteiger partial charge in [-0.05, 0) is 49.6 Å². The molecule has 3 aromatic rings. The number of para-hydroxylation sites is 1. The van der Waals surface area contributed by atoms with Gasteiger partial charge < -0.3 is 10.6 Å². The topological polar surface area (TPSA) is 66.9 Å². The molecule has 27 heavy (non-hydrogen) atoms. The number of aryl methyl sites for hydroxylation is 2. The van der Waals surface area contributed by atoms with E-state index in [9.17, 15) is 9.18 Å². The molecule has 5 nitrogen and oxygen atoms in total. The highest BCUT2D eigenvalue weighted by atomic mass is 19.1. The second-order valence-electron chi connectivity index (χ2n) is 6.26. The third kappa shape index (κ3) is 4.88. The number of halogens is 1. The highest BCUT2D eigenvalue weighted by Crippen LogP contribution is 2.15. The van der Waals surface area contributed by atoms with Crippen LogP contribution in [0.25, 0.3) is 0 Å². The van der Waals surface area contributed by atoms with Crippen LogP contribution in [-0.2, 0) is 6.42 Å². The molecule has 1 aromatic heterocycles. The summed E-state index contributed by atoms with van der Waals surface area (Å²) < 4.78 is 13.7. The Hall–Kier alpha value is -3.28. The van der Waals surface area contributed by atoms with Gasteiger partial charge in [-0.25, -0.2) is 14.4 Å². The van der Waals surface area contributed by atoms with E-state index in [1.54, 1.807) is 31.2 Å². The first-order valence-electron chi connectivity index (χ1n) is 8.73. The lowest BCUT2D eigenvalue weighted by Gasteiger charge is -2.10. The molecule has 3 rings (SSSR count). The summed E-state index contributed by atoms with van der Waals surface area (Å²) in [6.07, 6.45) is 0.495. The van der Waals surface area contributed by atoms with Crippen LogP contribution in [-0.4, -0.2) is 22.4 Å². The van der Waals surface area contributed by atoms with Crippen LogP contribution in [0.2, 0.25) is 0 Å². The molecule has 138 valence electrons. The molecule has 0 unspecified atom stereocenters. The van der Waals surface area contributed by atoms with Crippen molar-refractivity contribution in [1.82, 2.24) is 9.97 Å². The van der Waals surface area contributed by atoms with Crippen molar-refractivity contribution in [2.24, 2.45) is 0 Å². The summed E-state index contributed by atoms with van der Waals surface area (Å²) in [7, 11) is 0. The third-order valence-corrected chi connectivity index (χ3v) is 4.12. The van der Waals surface area contributed by atoms with Gasteiger partial charge in [-0.15, -0.1) is 0 Å². The van der Waals surface area contributed by atoms with Crippen LogP contribution in [0, 0.1) is 19.7 Å². The number of hydrogen-bond donors (Lipinski definition) is 2. The fourth-order valence-electron chi connectivity index (χ4n) is 2.67. The number of anilines is 2. The fourth-order valence-corrected chi connectivity index (χ4v) is 2.67. The number of carbonyl (C=O) groups is 1. The number of aromatic nitrogens is 2. The number of carbonyl (C=O) groups excluding carboxylic acids is 1. The molecule has 0 spiro atoms. The van der Waals surface area contributed by atoms with Crippen LogP contribution in [0.1, 0.15) is 27.3 Å². The summed E-state index contributed by atoms with van der Waals surface area (Å²) in [5.74, 6) is -0.184. The second-order valence-corrected chi connectivity index (χ2v) is 6.26. The minimum absolute atomic E-state index is 0.234. The molecule has 0 saturated carbocycles. The Morgan fingerprint density at radius 2 is 1.78 bits per heavy atom. The van der Waals surface area contributed by atoms with Gasteiger partial charge in [0.25, 0.3) is 5.91 Å². The maximum atomic E-state index is 13.7. The number of amides is 1. The van der Waals surface area contributed by atoms with Crippen LogP contribution < -0.4 is 10.6 Å². The van der Waals surface area contributed by atoms with Gasteiger partial charge in [0.1, 0.15) is 11.5 Å². The number of nitrogens with zero attached hydrogens (tertiary/aromatic N) is 2. The normalized spacial score (nSPS) is 10.5. The summed E-state index contributed by atoms with van der Waals surface area (Å²) in [6, 6.07) is 15.8. The van der Waals surface area contributed by atoms with E-state index in [-0.39, 0.29) is 17.4 Å². The molecule has 0 radical (unpaired) electrons. The Balaban J connectivity index is 1.67. The molecule has 1 amide bonds. The van der Waals surface area contributed by atoms with Gasteiger partial charge in [-0.1, -0.05) is 36.4 Å². The van der Waals surface area contributed by atoms with Gasteiger partial charge in [-0.3, -0.25) is 4.79 Å². The largest absolute Gasteiger partial charge is 0.354 e. The smallest absolute Gasteiger partial charge is 0.274 e. The molecule has 0 atom stereocenters. The zero-order valence-electron chi connectivity index (χ0n) is 15.3. The predicted molar refractivity (Wildman–Crippen MR) is 104 cm³/mol. The summed E-state index contributed by atoms with van der Waals surface area (Å²) in [4.78, 5) is 21.1. The Kier molecular flexibility index (Phi) is 5.76. The highest BCUT2D eigenvalue weighted by Gasteiger charge is 2.12. The van der Waals surface area contributed by atoms with Crippen molar-refractivity contribution in [1.29, 1.82) is 0 Å². The summed E-state index contributed by atoms with van der Waals surface area (Å²) >= 11 is 0. The first-order chi connectivity index (χ1) is 13.0. The van der Waals surface area contributed by atoms with E-state index in [1.807, 2.05) is 31.2 Å². The van der Waals surface area contributed by atoms with Gasteiger partial charge in [0.2, 0.25) is 5.95 Å². The molecule has 0 aliphatic carbocycles. The van der Waals surface area contributed by atoms with E-state index in [1.165, 1.54) is 6.07 Å². The quantitative estimate of drug-likeness (QED) is 0.690. The second kappa shape index (κ2) is 8.40. The van der Waals surface area contributed by atoms with Crippen molar-refractivity contribution < 1.29 is 9.18 Å². The van der Waals surface area contributed by atoms with Gasteiger partial charge in [0.15, 0.2) is 0 Å². The SMILES string of the molecule is Cc1cc(C(=O)Nc2ccccc2C)nc(NCCc2ccccc2F)n1. The number of nitrogens with one attached hydrogen (secondary N) is 2. The zero-order chi connectivity index (χ0) is 19.2. The van der Waals surface area contributed by atoms with Gasteiger partial charge >= 0.3 is 0 Å². The van der Waals surface area contributed by atoms with Gasteiger partial charge in [-0.2, -0.15) is 0 Å². The van der Waals surface area contributed by atoms with E-state index < -0.39 is 0 Å². The van der Waals surface area contributed by atoms with Gasteiger partial charge in [0, 0.05) is 17.9 Å². The van der Waals surface area contributed by atoms with E-state index in [2.05, 4.69) is 20.6 Å². The van der Waals surface area contributed by atoms with E-state index >= 15 is 0 Å². The van der Waals surface area contributed by atoms with E-state index in [4.69, 9.17) is 0 Å². The predicted octanol–water partition coefficient (Wildman–Crippen LogP) is 4.14. The molecule has 0 saturated heterocycles. The van der Waals surface area contributed by atoms with E-state index in [0.29, 0.717) is 30.2 Å². The number of benzene rings is 2. The van der Waals surface area contributed by atoms with Crippen molar-refractivity contribution in [2.45, 2.75) is 20.3 Å². The Morgan fingerprint density at radius 1 is 1.04 bits per heavy atom. The summed E-state index contributed by atoms with van der Waals surface area (Å²) in [5, 5.41) is 5.93. The molecule has 0 bridgehead atoms. The fraction of sp³-hybridized carbons (Fsp3) is 0.190. The highest BCUT2D eigenvalue weighted by molar-refractivity contribution is 6.03. The lowest BCUT2D eigenvalue weighted by Crippen LogP contribution is -2.17. The van der Waals surface area contributed by atoms with Crippen molar-refractivity contribution in [3.8, 4) is 0 Å². The molecular formula is C21H21FN4O. The molecule has 0 aliphatic rings. The molecule has 0 aliphatic heterocycles. The monoisotopic (exact) mass is 364 g/mol. The zero-order valence-corrected chi connectivity index (χ0v) is 15.3. The van der Waals surface area contributed by atoms with Crippen molar-refractivity contribution in [3.05, 3.63) is 82.9 Å². The first-order valence-corrected chi connectivity index (χ1v) is 8.73. The maximum absolute atomic E-state index is 13.7. The summed E-state index contributed by atoms with van der Waals surface area (Å²) in [6.45, 7) is 4.19. The van der Waals surface area contributed by atoms with Crippen LogP contribution in [0.15, 0.2) is 54.6 Å². The minimum atomic E-state index is -0.299. The van der Waals surface area contributed by atoms with Gasteiger partial charge in [0.05, 0.1) is 0 Å². The van der Waals surface area contributed by atoms with Crippen LogP contribution in [0.3, 0.4) is 0 Å². The molecule has 1 heterocycles. The minimum Gasteiger partial charge on any atom is -0.354 e. The van der Waals surface area contributed by atoms with E-state index in [0.717, 1.165) is 11.3 Å². The Morgan fingerprint density at radius 3 is 2.56 bits per heavy atom. The molecule has 0 fully saturated rings. The van der Waals surface area contributed by atoms with Crippen molar-refractivity contribution >= 4 is 17.5 Å². The van der Waals surface area contributed by atoms with Crippen LogP contribution in [0.5, 0.6) is 0 Å². The lowest BCUT2D eigenvalue weighted by molar-refractivity contribution is 0.102. The average Bonchev–Trinajstić information content (AvgIpc) is 2.65. The Bertz CT molecular complexity index is 958. The van der Waals surface area contributed by atoms with Crippen LogP contribution >= 0.6 is 0 Å².